The fraction of sp³-hybridized carbons (Fsp3) is 0.350. The summed E-state index contributed by atoms with van der Waals surface area (Å²) in [6.45, 7) is -0.332. The lowest BCUT2D eigenvalue weighted by atomic mass is 9.88. The van der Waals surface area contributed by atoms with Crippen LogP contribution >= 0.6 is 0 Å². The maximum absolute atomic E-state index is 13.1. The lowest BCUT2D eigenvalue weighted by Gasteiger charge is -2.26. The average Bonchev–Trinajstić information content (AvgIpc) is 2.85. The number of hydrogen-bond acceptors (Lipinski definition) is 4. The number of rotatable bonds is 3. The molecule has 156 valence electrons. The topological polar surface area (TPSA) is 63.7 Å². The SMILES string of the molecule is COc1cc2c(cc1S(C)(=O)=O)CCN(C(=O)C(F)(F)F)CC2c1ccccc1. The van der Waals surface area contributed by atoms with Gasteiger partial charge in [0.1, 0.15) is 10.6 Å². The first-order chi connectivity index (χ1) is 13.5. The summed E-state index contributed by atoms with van der Waals surface area (Å²) in [6, 6.07) is 11.9. The highest BCUT2D eigenvalue weighted by molar-refractivity contribution is 7.90. The molecule has 0 saturated carbocycles. The van der Waals surface area contributed by atoms with Gasteiger partial charge in [-0.25, -0.2) is 8.42 Å². The lowest BCUT2D eigenvalue weighted by Crippen LogP contribution is -2.43. The van der Waals surface area contributed by atoms with Crippen molar-refractivity contribution in [1.82, 2.24) is 4.90 Å². The number of ether oxygens (including phenoxy) is 1. The lowest BCUT2D eigenvalue weighted by molar-refractivity contribution is -0.185. The quantitative estimate of drug-likeness (QED) is 0.755. The molecule has 1 aliphatic rings. The zero-order valence-electron chi connectivity index (χ0n) is 15.9. The highest BCUT2D eigenvalue weighted by Crippen LogP contribution is 2.38. The van der Waals surface area contributed by atoms with Gasteiger partial charge in [0, 0.05) is 25.3 Å². The summed E-state index contributed by atoms with van der Waals surface area (Å²) >= 11 is 0. The molecule has 0 fully saturated rings. The number of benzene rings is 2. The number of sulfone groups is 1. The van der Waals surface area contributed by atoms with E-state index in [0.29, 0.717) is 11.1 Å². The van der Waals surface area contributed by atoms with Crippen LogP contribution in [-0.4, -0.2) is 51.9 Å². The summed E-state index contributed by atoms with van der Waals surface area (Å²) in [5.74, 6) is -2.33. The third-order valence-electron chi connectivity index (χ3n) is 4.99. The molecular formula is C20H20F3NO4S. The molecule has 1 amide bonds. The number of halogens is 3. The van der Waals surface area contributed by atoms with Crippen molar-refractivity contribution in [2.45, 2.75) is 23.4 Å². The summed E-state index contributed by atoms with van der Waals surface area (Å²) in [7, 11) is -2.27. The molecule has 0 saturated heterocycles. The maximum Gasteiger partial charge on any atom is 0.471 e. The van der Waals surface area contributed by atoms with Crippen molar-refractivity contribution < 1.29 is 31.1 Å². The van der Waals surface area contributed by atoms with E-state index in [0.717, 1.165) is 16.7 Å². The summed E-state index contributed by atoms with van der Waals surface area (Å²) in [4.78, 5) is 12.7. The van der Waals surface area contributed by atoms with Crippen molar-refractivity contribution >= 4 is 15.7 Å². The van der Waals surface area contributed by atoms with E-state index in [2.05, 4.69) is 0 Å². The first kappa shape index (κ1) is 21.2. The van der Waals surface area contributed by atoms with Gasteiger partial charge >= 0.3 is 12.1 Å². The Bertz CT molecular complexity index is 1020. The van der Waals surface area contributed by atoms with Crippen molar-refractivity contribution in [1.29, 1.82) is 0 Å². The Morgan fingerprint density at radius 3 is 2.38 bits per heavy atom. The molecule has 29 heavy (non-hydrogen) atoms. The molecule has 1 atom stereocenters. The molecule has 2 aromatic carbocycles. The van der Waals surface area contributed by atoms with Gasteiger partial charge < -0.3 is 9.64 Å². The number of carbonyl (C=O) groups excluding carboxylic acids is 1. The second kappa shape index (κ2) is 7.70. The van der Waals surface area contributed by atoms with Crippen LogP contribution in [0.4, 0.5) is 13.2 Å². The minimum atomic E-state index is -4.98. The number of carbonyl (C=O) groups is 1. The molecule has 9 heteroatoms. The number of amides is 1. The molecule has 0 radical (unpaired) electrons. The van der Waals surface area contributed by atoms with Crippen LogP contribution < -0.4 is 4.74 Å². The van der Waals surface area contributed by atoms with Gasteiger partial charge in [-0.2, -0.15) is 13.2 Å². The van der Waals surface area contributed by atoms with E-state index < -0.39 is 27.8 Å². The van der Waals surface area contributed by atoms with Crippen LogP contribution in [0.3, 0.4) is 0 Å². The standard InChI is InChI=1S/C20H20F3NO4S/c1-28-17-11-15-14(10-18(17)29(2,26)27)8-9-24(19(25)20(21,22)23)12-16(15)13-6-4-3-5-7-13/h3-7,10-11,16H,8-9,12H2,1-2H3. The Hall–Kier alpha value is -2.55. The predicted molar refractivity (Wildman–Crippen MR) is 101 cm³/mol. The molecule has 1 unspecified atom stereocenters. The van der Waals surface area contributed by atoms with Gasteiger partial charge in [0.15, 0.2) is 9.84 Å². The summed E-state index contributed by atoms with van der Waals surface area (Å²) < 4.78 is 68.8. The number of methoxy groups -OCH3 is 1. The first-order valence-corrected chi connectivity index (χ1v) is 10.7. The van der Waals surface area contributed by atoms with Gasteiger partial charge in [-0.1, -0.05) is 30.3 Å². The summed E-state index contributed by atoms with van der Waals surface area (Å²) in [5, 5.41) is 0. The maximum atomic E-state index is 13.1. The van der Waals surface area contributed by atoms with Crippen LogP contribution in [0.25, 0.3) is 0 Å². The minimum Gasteiger partial charge on any atom is -0.495 e. The van der Waals surface area contributed by atoms with E-state index in [4.69, 9.17) is 4.74 Å². The molecule has 1 aliphatic heterocycles. The average molecular weight is 427 g/mol. The Morgan fingerprint density at radius 1 is 1.17 bits per heavy atom. The molecule has 0 N–H and O–H groups in total. The number of nitrogens with zero attached hydrogens (tertiary/aromatic N) is 1. The van der Waals surface area contributed by atoms with Gasteiger partial charge in [0.25, 0.3) is 0 Å². The number of hydrogen-bond donors (Lipinski definition) is 0. The van der Waals surface area contributed by atoms with E-state index in [1.807, 2.05) is 0 Å². The fourth-order valence-electron chi connectivity index (χ4n) is 3.61. The van der Waals surface area contributed by atoms with Crippen molar-refractivity contribution in [3.63, 3.8) is 0 Å². The van der Waals surface area contributed by atoms with E-state index in [1.54, 1.807) is 36.4 Å². The highest BCUT2D eigenvalue weighted by atomic mass is 32.2. The van der Waals surface area contributed by atoms with Crippen molar-refractivity contribution in [2.24, 2.45) is 0 Å². The third-order valence-corrected chi connectivity index (χ3v) is 6.10. The second-order valence-corrected chi connectivity index (χ2v) is 8.92. The predicted octanol–water partition coefficient (Wildman–Crippen LogP) is 3.18. The smallest absolute Gasteiger partial charge is 0.471 e. The van der Waals surface area contributed by atoms with E-state index >= 15 is 0 Å². The van der Waals surface area contributed by atoms with Gasteiger partial charge in [-0.05, 0) is 35.2 Å². The van der Waals surface area contributed by atoms with Gasteiger partial charge in [0.2, 0.25) is 0 Å². The molecule has 0 spiro atoms. The van der Waals surface area contributed by atoms with E-state index in [9.17, 15) is 26.4 Å². The van der Waals surface area contributed by atoms with Gasteiger partial charge in [-0.3, -0.25) is 4.79 Å². The molecule has 2 aromatic rings. The van der Waals surface area contributed by atoms with Crippen LogP contribution in [0.5, 0.6) is 5.75 Å². The molecule has 0 aromatic heterocycles. The van der Waals surface area contributed by atoms with Crippen LogP contribution in [0.15, 0.2) is 47.4 Å². The Morgan fingerprint density at radius 2 is 1.83 bits per heavy atom. The third kappa shape index (κ3) is 4.39. The molecule has 0 bridgehead atoms. The summed E-state index contributed by atoms with van der Waals surface area (Å²) in [5.41, 5.74) is 1.96. The van der Waals surface area contributed by atoms with Crippen molar-refractivity contribution in [2.75, 3.05) is 26.5 Å². The molecule has 0 aliphatic carbocycles. The van der Waals surface area contributed by atoms with Crippen molar-refractivity contribution in [3.05, 3.63) is 59.2 Å². The Kier molecular flexibility index (Phi) is 5.62. The Balaban J connectivity index is 2.17. The van der Waals surface area contributed by atoms with Crippen LogP contribution in [0.1, 0.15) is 22.6 Å². The number of fused-ring (bicyclic) bond motifs is 1. The largest absolute Gasteiger partial charge is 0.495 e. The molecule has 1 heterocycles. The van der Waals surface area contributed by atoms with Crippen LogP contribution in [0.2, 0.25) is 0 Å². The zero-order valence-corrected chi connectivity index (χ0v) is 16.7. The van der Waals surface area contributed by atoms with Crippen LogP contribution in [-0.2, 0) is 21.1 Å². The molecule has 5 nitrogen and oxygen atoms in total. The minimum absolute atomic E-state index is 0.0267. The van der Waals surface area contributed by atoms with Crippen LogP contribution in [0, 0.1) is 0 Å². The fourth-order valence-corrected chi connectivity index (χ4v) is 4.47. The Labute approximate surface area is 167 Å². The molecular weight excluding hydrogens is 407 g/mol. The van der Waals surface area contributed by atoms with Crippen molar-refractivity contribution in [3.8, 4) is 5.75 Å². The summed E-state index contributed by atoms with van der Waals surface area (Å²) in [6.07, 6.45) is -3.83. The zero-order chi connectivity index (χ0) is 21.4. The van der Waals surface area contributed by atoms with E-state index in [-0.39, 0.29) is 30.2 Å². The monoisotopic (exact) mass is 427 g/mol. The highest BCUT2D eigenvalue weighted by Gasteiger charge is 2.44. The normalized spacial score (nSPS) is 17.4. The first-order valence-electron chi connectivity index (χ1n) is 8.84. The van der Waals surface area contributed by atoms with Gasteiger partial charge in [-0.15, -0.1) is 0 Å². The molecule has 3 rings (SSSR count). The number of alkyl halides is 3. The van der Waals surface area contributed by atoms with Gasteiger partial charge in [0.05, 0.1) is 7.11 Å². The second-order valence-electron chi connectivity index (χ2n) is 6.94. The van der Waals surface area contributed by atoms with E-state index in [1.165, 1.54) is 13.2 Å².